The van der Waals surface area contributed by atoms with E-state index in [4.69, 9.17) is 10.5 Å². The largest absolute Gasteiger partial charge is 0.495 e. The van der Waals surface area contributed by atoms with Gasteiger partial charge in [0.25, 0.3) is 5.91 Å². The molecule has 1 aromatic heterocycles. The molecule has 1 aliphatic rings. The predicted molar refractivity (Wildman–Crippen MR) is 130 cm³/mol. The Hall–Kier alpha value is -3.79. The molecule has 10 heteroatoms. The number of thiazole rings is 1. The lowest BCUT2D eigenvalue weighted by Crippen LogP contribution is -2.38. The number of anilines is 1. The maximum Gasteiger partial charge on any atom is 0.275 e. The topological polar surface area (TPSA) is 115 Å². The number of carbonyl (C=O) groups excluding carboxylic acids is 3. The van der Waals surface area contributed by atoms with Crippen LogP contribution in [0.3, 0.4) is 0 Å². The van der Waals surface area contributed by atoms with Gasteiger partial charge in [-0.15, -0.1) is 11.3 Å². The second kappa shape index (κ2) is 10.6. The average molecular weight is 497 g/mol. The third kappa shape index (κ3) is 5.83. The number of hydrogen-bond acceptors (Lipinski definition) is 6. The van der Waals surface area contributed by atoms with Crippen LogP contribution in [0, 0.1) is 5.82 Å². The molecule has 2 aromatic carbocycles. The van der Waals surface area contributed by atoms with E-state index in [-0.39, 0.29) is 35.3 Å². The van der Waals surface area contributed by atoms with Gasteiger partial charge in [0, 0.05) is 30.0 Å². The minimum Gasteiger partial charge on any atom is -0.495 e. The van der Waals surface area contributed by atoms with Gasteiger partial charge in [-0.3, -0.25) is 14.4 Å². The number of ether oxygens (including phenoxy) is 1. The number of benzene rings is 2. The van der Waals surface area contributed by atoms with Gasteiger partial charge in [-0.1, -0.05) is 12.1 Å². The van der Waals surface area contributed by atoms with Crippen LogP contribution in [0.2, 0.25) is 0 Å². The molecule has 35 heavy (non-hydrogen) atoms. The summed E-state index contributed by atoms with van der Waals surface area (Å²) in [5, 5.41) is 5.28. The monoisotopic (exact) mass is 496 g/mol. The van der Waals surface area contributed by atoms with Crippen molar-refractivity contribution in [1.29, 1.82) is 0 Å². The second-order valence-corrected chi connectivity index (χ2v) is 9.15. The van der Waals surface area contributed by atoms with Crippen LogP contribution in [0.5, 0.6) is 5.75 Å². The fourth-order valence-electron chi connectivity index (χ4n) is 3.99. The van der Waals surface area contributed by atoms with Crippen LogP contribution in [-0.2, 0) is 11.2 Å². The minimum atomic E-state index is -0.610. The number of amides is 3. The summed E-state index contributed by atoms with van der Waals surface area (Å²) in [6.45, 7) is 1.20. The first-order valence-electron chi connectivity index (χ1n) is 11.1. The zero-order valence-corrected chi connectivity index (χ0v) is 19.9. The summed E-state index contributed by atoms with van der Waals surface area (Å²) < 4.78 is 18.3. The van der Waals surface area contributed by atoms with Crippen molar-refractivity contribution in [1.82, 2.24) is 9.88 Å². The van der Waals surface area contributed by atoms with E-state index in [2.05, 4.69) is 10.3 Å². The number of likely N-dealkylation sites (tertiary alicyclic amines) is 1. The standard InChI is InChI=1S/C25H25FN4O4S/c1-34-21-7-4-17(23(27)32)13-19(21)28-24(33)20-14-35-25(29-20)16-8-10-30(11-9-16)22(31)12-15-2-5-18(26)6-3-15/h2-7,13-14,16H,8-12H2,1H3,(H2,27,32)(H,28,33). The molecule has 3 aromatic rings. The molecule has 0 saturated carbocycles. The number of carbonyl (C=O) groups is 3. The maximum absolute atomic E-state index is 13.1. The highest BCUT2D eigenvalue weighted by Gasteiger charge is 2.26. The molecule has 182 valence electrons. The minimum absolute atomic E-state index is 0.0152. The molecule has 8 nitrogen and oxygen atoms in total. The van der Waals surface area contributed by atoms with Gasteiger partial charge >= 0.3 is 0 Å². The van der Waals surface area contributed by atoms with E-state index < -0.39 is 11.8 Å². The van der Waals surface area contributed by atoms with Crippen LogP contribution in [0.1, 0.15) is 50.2 Å². The van der Waals surface area contributed by atoms with Crippen molar-refractivity contribution in [3.05, 3.63) is 75.5 Å². The lowest BCUT2D eigenvalue weighted by molar-refractivity contribution is -0.131. The molecule has 3 N–H and O–H groups in total. The second-order valence-electron chi connectivity index (χ2n) is 8.26. The highest BCUT2D eigenvalue weighted by atomic mass is 32.1. The number of rotatable bonds is 7. The predicted octanol–water partition coefficient (Wildman–Crippen LogP) is 3.59. The Morgan fingerprint density at radius 3 is 2.54 bits per heavy atom. The maximum atomic E-state index is 13.1. The van der Waals surface area contributed by atoms with Gasteiger partial charge in [0.15, 0.2) is 0 Å². The SMILES string of the molecule is COc1ccc(C(N)=O)cc1NC(=O)c1csc(C2CCN(C(=O)Cc3ccc(F)cc3)CC2)n1. The van der Waals surface area contributed by atoms with Gasteiger partial charge in [-0.25, -0.2) is 9.37 Å². The lowest BCUT2D eigenvalue weighted by atomic mass is 9.97. The molecule has 1 aliphatic heterocycles. The van der Waals surface area contributed by atoms with Crippen LogP contribution >= 0.6 is 11.3 Å². The van der Waals surface area contributed by atoms with Crippen molar-refractivity contribution in [2.24, 2.45) is 5.73 Å². The van der Waals surface area contributed by atoms with Crippen LogP contribution < -0.4 is 15.8 Å². The number of primary amides is 1. The molecule has 3 amide bonds. The molecule has 0 radical (unpaired) electrons. The Morgan fingerprint density at radius 1 is 1.17 bits per heavy atom. The Bertz CT molecular complexity index is 1240. The Labute approximate surface area is 205 Å². The zero-order chi connectivity index (χ0) is 24.9. The van der Waals surface area contributed by atoms with Crippen LogP contribution in [0.15, 0.2) is 47.8 Å². The molecule has 2 heterocycles. The van der Waals surface area contributed by atoms with E-state index in [1.807, 2.05) is 4.90 Å². The molecule has 4 rings (SSSR count). The average Bonchev–Trinajstić information content (AvgIpc) is 3.36. The smallest absolute Gasteiger partial charge is 0.275 e. The fraction of sp³-hybridized carbons (Fsp3) is 0.280. The molecule has 1 saturated heterocycles. The van der Waals surface area contributed by atoms with E-state index >= 15 is 0 Å². The summed E-state index contributed by atoms with van der Waals surface area (Å²) in [5.74, 6) is -0.778. The van der Waals surface area contributed by atoms with E-state index in [0.717, 1.165) is 23.4 Å². The number of nitrogens with two attached hydrogens (primary N) is 1. The van der Waals surface area contributed by atoms with Crippen molar-refractivity contribution in [2.75, 3.05) is 25.5 Å². The van der Waals surface area contributed by atoms with Gasteiger partial charge in [-0.2, -0.15) is 0 Å². The molecule has 0 aliphatic carbocycles. The Balaban J connectivity index is 1.35. The van der Waals surface area contributed by atoms with Crippen molar-refractivity contribution in [3.63, 3.8) is 0 Å². The first-order valence-corrected chi connectivity index (χ1v) is 12.0. The molecule has 1 fully saturated rings. The van der Waals surface area contributed by atoms with Crippen molar-refractivity contribution in [2.45, 2.75) is 25.2 Å². The number of halogens is 1. The van der Waals surface area contributed by atoms with Crippen LogP contribution in [0.25, 0.3) is 0 Å². The lowest BCUT2D eigenvalue weighted by Gasteiger charge is -2.31. The van der Waals surface area contributed by atoms with Gasteiger partial charge in [0.1, 0.15) is 17.3 Å². The molecule has 0 unspecified atom stereocenters. The molecule has 0 spiro atoms. The number of hydrogen-bond donors (Lipinski definition) is 2. The van der Waals surface area contributed by atoms with Gasteiger partial charge in [0.2, 0.25) is 11.8 Å². The van der Waals surface area contributed by atoms with Gasteiger partial charge < -0.3 is 20.7 Å². The van der Waals surface area contributed by atoms with Gasteiger partial charge in [0.05, 0.1) is 24.2 Å². The van der Waals surface area contributed by atoms with Crippen LogP contribution in [-0.4, -0.2) is 47.8 Å². The highest BCUT2D eigenvalue weighted by Crippen LogP contribution is 2.31. The number of nitrogens with zero attached hydrogens (tertiary/aromatic N) is 2. The normalized spacial score (nSPS) is 13.9. The van der Waals surface area contributed by atoms with Crippen LogP contribution in [0.4, 0.5) is 10.1 Å². The third-order valence-corrected chi connectivity index (χ3v) is 6.96. The summed E-state index contributed by atoms with van der Waals surface area (Å²) in [7, 11) is 1.46. The number of methoxy groups -OCH3 is 1. The Morgan fingerprint density at radius 2 is 1.89 bits per heavy atom. The summed E-state index contributed by atoms with van der Waals surface area (Å²) in [6, 6.07) is 10.5. The number of aromatic nitrogens is 1. The first-order chi connectivity index (χ1) is 16.8. The number of piperidine rings is 1. The molecular weight excluding hydrogens is 471 g/mol. The molecular formula is C25H25FN4O4S. The zero-order valence-electron chi connectivity index (χ0n) is 19.1. The molecule has 0 bridgehead atoms. The number of nitrogens with one attached hydrogen (secondary N) is 1. The summed E-state index contributed by atoms with van der Waals surface area (Å²) in [4.78, 5) is 43.2. The molecule has 0 atom stereocenters. The quantitative estimate of drug-likeness (QED) is 0.519. The van der Waals surface area contributed by atoms with E-state index in [0.29, 0.717) is 24.5 Å². The summed E-state index contributed by atoms with van der Waals surface area (Å²) in [6.07, 6.45) is 1.74. The third-order valence-electron chi connectivity index (χ3n) is 5.95. The van der Waals surface area contributed by atoms with Gasteiger partial charge in [-0.05, 0) is 48.7 Å². The van der Waals surface area contributed by atoms with E-state index in [1.165, 1.54) is 42.7 Å². The van der Waals surface area contributed by atoms with Crippen molar-refractivity contribution < 1.29 is 23.5 Å². The summed E-state index contributed by atoms with van der Waals surface area (Å²) in [5.41, 5.74) is 6.97. The fourth-order valence-corrected chi connectivity index (χ4v) is 4.96. The van der Waals surface area contributed by atoms with E-state index in [9.17, 15) is 18.8 Å². The first kappa shape index (κ1) is 24.3. The van der Waals surface area contributed by atoms with Crippen molar-refractivity contribution in [3.8, 4) is 5.75 Å². The van der Waals surface area contributed by atoms with Crippen molar-refractivity contribution >= 4 is 34.7 Å². The Kier molecular flexibility index (Phi) is 7.40. The summed E-state index contributed by atoms with van der Waals surface area (Å²) >= 11 is 1.41. The van der Waals surface area contributed by atoms with E-state index in [1.54, 1.807) is 23.6 Å². The highest BCUT2D eigenvalue weighted by molar-refractivity contribution is 7.10.